The first-order valence-electron chi connectivity index (χ1n) is 6.44. The number of carbonyl (C=O) groups is 3. The molecule has 1 N–H and O–H groups in total. The van der Waals surface area contributed by atoms with E-state index in [1.54, 1.807) is 6.92 Å². The SMILES string of the molecule is CC(=O)NC(C)c1occ(COC(C)=O)c1COC(C)=O. The van der Waals surface area contributed by atoms with E-state index in [4.69, 9.17) is 13.9 Å². The summed E-state index contributed by atoms with van der Waals surface area (Å²) in [5.41, 5.74) is 1.19. The van der Waals surface area contributed by atoms with Crippen LogP contribution in [0.3, 0.4) is 0 Å². The second-order valence-corrected chi connectivity index (χ2v) is 4.59. The van der Waals surface area contributed by atoms with Crippen molar-refractivity contribution >= 4 is 17.8 Å². The van der Waals surface area contributed by atoms with Crippen LogP contribution in [0, 0.1) is 0 Å². The Labute approximate surface area is 122 Å². The molecule has 116 valence electrons. The van der Waals surface area contributed by atoms with Gasteiger partial charge in [-0.2, -0.15) is 0 Å². The highest BCUT2D eigenvalue weighted by atomic mass is 16.5. The van der Waals surface area contributed by atoms with Crippen LogP contribution in [0.1, 0.15) is 50.6 Å². The third-order valence-electron chi connectivity index (χ3n) is 2.68. The largest absolute Gasteiger partial charge is 0.466 e. The summed E-state index contributed by atoms with van der Waals surface area (Å²) >= 11 is 0. The topological polar surface area (TPSA) is 94.8 Å². The highest BCUT2D eigenvalue weighted by molar-refractivity contribution is 5.73. The number of hydrogen-bond acceptors (Lipinski definition) is 6. The maximum atomic E-state index is 11.1. The van der Waals surface area contributed by atoms with E-state index in [0.29, 0.717) is 16.9 Å². The lowest BCUT2D eigenvalue weighted by atomic mass is 10.1. The summed E-state index contributed by atoms with van der Waals surface area (Å²) in [5.74, 6) is -0.605. The predicted octanol–water partition coefficient (Wildman–Crippen LogP) is 1.60. The summed E-state index contributed by atoms with van der Waals surface area (Å²) in [6.45, 7) is 5.73. The summed E-state index contributed by atoms with van der Waals surface area (Å²) in [5, 5.41) is 2.68. The van der Waals surface area contributed by atoms with Crippen molar-refractivity contribution in [2.24, 2.45) is 0 Å². The highest BCUT2D eigenvalue weighted by Crippen LogP contribution is 2.25. The predicted molar refractivity (Wildman–Crippen MR) is 71.9 cm³/mol. The van der Waals surface area contributed by atoms with E-state index >= 15 is 0 Å². The molecule has 21 heavy (non-hydrogen) atoms. The molecular formula is C14H19NO6. The van der Waals surface area contributed by atoms with Gasteiger partial charge in [0.1, 0.15) is 19.0 Å². The zero-order valence-electron chi connectivity index (χ0n) is 12.5. The molecule has 0 fully saturated rings. The Morgan fingerprint density at radius 3 is 2.24 bits per heavy atom. The number of carbonyl (C=O) groups excluding carboxylic acids is 3. The molecule has 0 aliphatic rings. The molecule has 1 heterocycles. The smallest absolute Gasteiger partial charge is 0.302 e. The number of hydrogen-bond donors (Lipinski definition) is 1. The average molecular weight is 297 g/mol. The molecule has 7 nitrogen and oxygen atoms in total. The Kier molecular flexibility index (Phi) is 5.95. The Morgan fingerprint density at radius 1 is 1.14 bits per heavy atom. The number of ether oxygens (including phenoxy) is 2. The lowest BCUT2D eigenvalue weighted by Crippen LogP contribution is -2.24. The van der Waals surface area contributed by atoms with Gasteiger partial charge >= 0.3 is 11.9 Å². The van der Waals surface area contributed by atoms with Crippen molar-refractivity contribution in [2.75, 3.05) is 0 Å². The molecule has 0 spiro atoms. The first kappa shape index (κ1) is 16.7. The Morgan fingerprint density at radius 2 is 1.71 bits per heavy atom. The second kappa shape index (κ2) is 7.47. The van der Waals surface area contributed by atoms with Crippen LogP contribution in [-0.4, -0.2) is 17.8 Å². The second-order valence-electron chi connectivity index (χ2n) is 4.59. The number of rotatable bonds is 6. The summed E-state index contributed by atoms with van der Waals surface area (Å²) < 4.78 is 15.3. The van der Waals surface area contributed by atoms with Gasteiger partial charge in [0.2, 0.25) is 5.91 Å². The van der Waals surface area contributed by atoms with Crippen LogP contribution in [-0.2, 0) is 37.1 Å². The molecule has 0 radical (unpaired) electrons. The fourth-order valence-electron chi connectivity index (χ4n) is 1.81. The fourth-order valence-corrected chi connectivity index (χ4v) is 1.81. The summed E-state index contributed by atoms with van der Waals surface area (Å²) in [7, 11) is 0. The summed E-state index contributed by atoms with van der Waals surface area (Å²) in [6.07, 6.45) is 1.43. The van der Waals surface area contributed by atoms with Crippen LogP contribution in [0.15, 0.2) is 10.7 Å². The third-order valence-corrected chi connectivity index (χ3v) is 2.68. The van der Waals surface area contributed by atoms with Gasteiger partial charge in [-0.1, -0.05) is 0 Å². The van der Waals surface area contributed by atoms with Gasteiger partial charge in [-0.15, -0.1) is 0 Å². The van der Waals surface area contributed by atoms with Gasteiger partial charge < -0.3 is 19.2 Å². The minimum Gasteiger partial charge on any atom is -0.466 e. The Balaban J connectivity index is 2.97. The van der Waals surface area contributed by atoms with E-state index in [-0.39, 0.29) is 25.2 Å². The molecule has 1 unspecified atom stereocenters. The van der Waals surface area contributed by atoms with Gasteiger partial charge in [0.15, 0.2) is 0 Å². The van der Waals surface area contributed by atoms with Crippen molar-refractivity contribution in [3.63, 3.8) is 0 Å². The molecule has 0 saturated heterocycles. The number of furan rings is 1. The van der Waals surface area contributed by atoms with Crippen LogP contribution in [0.5, 0.6) is 0 Å². The van der Waals surface area contributed by atoms with Crippen LogP contribution in [0.25, 0.3) is 0 Å². The number of esters is 2. The van der Waals surface area contributed by atoms with E-state index in [1.165, 1.54) is 27.0 Å². The summed E-state index contributed by atoms with van der Waals surface area (Å²) in [6, 6.07) is -0.390. The van der Waals surface area contributed by atoms with Crippen molar-refractivity contribution in [3.05, 3.63) is 23.2 Å². The normalized spacial score (nSPS) is 11.6. The van der Waals surface area contributed by atoms with Gasteiger partial charge in [-0.05, 0) is 6.92 Å². The minimum atomic E-state index is -0.437. The van der Waals surface area contributed by atoms with Gasteiger partial charge in [0.05, 0.1) is 12.3 Å². The van der Waals surface area contributed by atoms with Crippen molar-refractivity contribution in [2.45, 2.75) is 47.0 Å². The van der Waals surface area contributed by atoms with E-state index in [0.717, 1.165) is 0 Å². The fraction of sp³-hybridized carbons (Fsp3) is 0.500. The lowest BCUT2D eigenvalue weighted by molar-refractivity contribution is -0.143. The van der Waals surface area contributed by atoms with Crippen molar-refractivity contribution in [1.82, 2.24) is 5.32 Å². The van der Waals surface area contributed by atoms with Gasteiger partial charge in [-0.25, -0.2) is 0 Å². The van der Waals surface area contributed by atoms with Crippen LogP contribution in [0.2, 0.25) is 0 Å². The molecule has 0 aliphatic carbocycles. The Bertz CT molecular complexity index is 534. The molecule has 1 aromatic heterocycles. The van der Waals surface area contributed by atoms with E-state index in [1.807, 2.05) is 0 Å². The van der Waals surface area contributed by atoms with E-state index < -0.39 is 11.9 Å². The van der Waals surface area contributed by atoms with Crippen molar-refractivity contribution in [3.8, 4) is 0 Å². The lowest BCUT2D eigenvalue weighted by Gasteiger charge is -2.13. The molecule has 1 amide bonds. The van der Waals surface area contributed by atoms with E-state index in [2.05, 4.69) is 5.32 Å². The number of nitrogens with one attached hydrogen (secondary N) is 1. The first-order valence-corrected chi connectivity index (χ1v) is 6.44. The highest BCUT2D eigenvalue weighted by Gasteiger charge is 2.21. The minimum absolute atomic E-state index is 0.0122. The molecule has 0 aromatic carbocycles. The molecule has 1 aromatic rings. The van der Waals surface area contributed by atoms with Gasteiger partial charge in [-0.3, -0.25) is 14.4 Å². The maximum Gasteiger partial charge on any atom is 0.302 e. The molecule has 7 heteroatoms. The zero-order chi connectivity index (χ0) is 16.0. The molecule has 0 bridgehead atoms. The van der Waals surface area contributed by atoms with Crippen LogP contribution in [0.4, 0.5) is 0 Å². The quantitative estimate of drug-likeness (QED) is 0.801. The Hall–Kier alpha value is -2.31. The van der Waals surface area contributed by atoms with E-state index in [9.17, 15) is 14.4 Å². The van der Waals surface area contributed by atoms with Crippen molar-refractivity contribution < 1.29 is 28.3 Å². The van der Waals surface area contributed by atoms with Crippen molar-refractivity contribution in [1.29, 1.82) is 0 Å². The molecule has 0 aliphatic heterocycles. The molecule has 1 rings (SSSR count). The van der Waals surface area contributed by atoms with Gasteiger partial charge in [0.25, 0.3) is 0 Å². The average Bonchev–Trinajstić information content (AvgIpc) is 2.75. The van der Waals surface area contributed by atoms with Crippen LogP contribution < -0.4 is 5.32 Å². The standard InChI is InChI=1S/C14H19NO6/c1-8(15-9(2)16)14-13(7-20-11(4)18)12(6-21-14)5-19-10(3)17/h6,8H,5,7H2,1-4H3,(H,15,16). The van der Waals surface area contributed by atoms with Gasteiger partial charge in [0, 0.05) is 31.9 Å². The third kappa shape index (κ3) is 5.29. The maximum absolute atomic E-state index is 11.1. The molecule has 0 saturated carbocycles. The first-order chi connectivity index (χ1) is 9.81. The summed E-state index contributed by atoms with van der Waals surface area (Å²) in [4.78, 5) is 33.0. The number of amides is 1. The molecule has 1 atom stereocenters. The monoisotopic (exact) mass is 297 g/mol. The zero-order valence-corrected chi connectivity index (χ0v) is 12.5. The molecular weight excluding hydrogens is 278 g/mol. The van der Waals surface area contributed by atoms with Crippen LogP contribution >= 0.6 is 0 Å².